The van der Waals surface area contributed by atoms with Crippen molar-refractivity contribution < 1.29 is 4.74 Å². The molecule has 1 saturated heterocycles. The second kappa shape index (κ2) is 5.74. The second-order valence-corrected chi connectivity index (χ2v) is 6.37. The monoisotopic (exact) mass is 279 g/mol. The highest BCUT2D eigenvalue weighted by atomic mass is 16.5. The van der Waals surface area contributed by atoms with Crippen molar-refractivity contribution in [3.63, 3.8) is 0 Å². The molecule has 1 aliphatic heterocycles. The molecule has 0 spiro atoms. The van der Waals surface area contributed by atoms with Crippen molar-refractivity contribution in [3.05, 3.63) is 22.6 Å². The lowest BCUT2D eigenvalue weighted by Crippen LogP contribution is -2.51. The van der Waals surface area contributed by atoms with E-state index < -0.39 is 0 Å². The van der Waals surface area contributed by atoms with E-state index in [0.29, 0.717) is 24.3 Å². The van der Waals surface area contributed by atoms with Crippen LogP contribution in [0.15, 0.2) is 17.1 Å². The molecule has 0 aromatic carbocycles. The molecule has 3 rings (SSSR count). The molecular formula is C15H25N3O2. The van der Waals surface area contributed by atoms with Crippen LogP contribution in [-0.4, -0.2) is 46.0 Å². The summed E-state index contributed by atoms with van der Waals surface area (Å²) in [5.74, 6) is 0. The van der Waals surface area contributed by atoms with E-state index in [1.54, 1.807) is 6.07 Å². The first-order valence-electron chi connectivity index (χ1n) is 7.78. The Morgan fingerprint density at radius 1 is 1.10 bits per heavy atom. The molecule has 2 fully saturated rings. The number of nitrogens with zero attached hydrogens (tertiary/aromatic N) is 2. The Morgan fingerprint density at radius 3 is 2.25 bits per heavy atom. The molecule has 112 valence electrons. The fourth-order valence-electron chi connectivity index (χ4n) is 3.78. The molecule has 0 radical (unpaired) electrons. The molecule has 20 heavy (non-hydrogen) atoms. The maximum absolute atomic E-state index is 11.2. The maximum atomic E-state index is 11.2. The van der Waals surface area contributed by atoms with Gasteiger partial charge < -0.3 is 4.74 Å². The maximum Gasteiger partial charge on any atom is 0.264 e. The van der Waals surface area contributed by atoms with Crippen LogP contribution in [-0.2, 0) is 4.74 Å². The van der Waals surface area contributed by atoms with Crippen LogP contribution in [0.4, 0.5) is 0 Å². The van der Waals surface area contributed by atoms with E-state index in [9.17, 15) is 4.79 Å². The van der Waals surface area contributed by atoms with Crippen LogP contribution >= 0.6 is 0 Å². The Labute approximate surface area is 119 Å². The molecule has 1 aromatic heterocycles. The predicted octanol–water partition coefficient (Wildman–Crippen LogP) is 1.77. The summed E-state index contributed by atoms with van der Waals surface area (Å²) in [4.78, 5) is 13.8. The summed E-state index contributed by atoms with van der Waals surface area (Å²) in [7, 11) is 0. The molecule has 0 amide bonds. The SMILES string of the molecule is C[C@@H]1CN(C2CCC(n3ccc(=O)[nH]3)CC2)C[C@H](C)O1. The Morgan fingerprint density at radius 2 is 1.70 bits per heavy atom. The third-order valence-corrected chi connectivity index (χ3v) is 4.65. The Balaban J connectivity index is 1.57. The highest BCUT2D eigenvalue weighted by Crippen LogP contribution is 2.31. The van der Waals surface area contributed by atoms with E-state index in [1.807, 2.05) is 10.9 Å². The first-order chi connectivity index (χ1) is 9.61. The number of rotatable bonds is 2. The minimum Gasteiger partial charge on any atom is -0.373 e. The minimum absolute atomic E-state index is 0.00273. The summed E-state index contributed by atoms with van der Waals surface area (Å²) in [6, 6.07) is 2.75. The van der Waals surface area contributed by atoms with E-state index in [2.05, 4.69) is 23.8 Å². The van der Waals surface area contributed by atoms with Gasteiger partial charge in [-0.3, -0.25) is 19.5 Å². The Hall–Kier alpha value is -1.07. The summed E-state index contributed by atoms with van der Waals surface area (Å²) in [6.07, 6.45) is 7.29. The number of hydrogen-bond donors (Lipinski definition) is 1. The van der Waals surface area contributed by atoms with Gasteiger partial charge in [0.2, 0.25) is 0 Å². The van der Waals surface area contributed by atoms with Crippen LogP contribution in [0.3, 0.4) is 0 Å². The molecule has 5 heteroatoms. The second-order valence-electron chi connectivity index (χ2n) is 6.37. The van der Waals surface area contributed by atoms with Crippen molar-refractivity contribution in [2.24, 2.45) is 0 Å². The topological polar surface area (TPSA) is 50.3 Å². The van der Waals surface area contributed by atoms with Gasteiger partial charge in [-0.2, -0.15) is 0 Å². The molecule has 1 saturated carbocycles. The van der Waals surface area contributed by atoms with Crippen LogP contribution in [0.5, 0.6) is 0 Å². The number of ether oxygens (including phenoxy) is 1. The lowest BCUT2D eigenvalue weighted by atomic mass is 9.89. The highest BCUT2D eigenvalue weighted by molar-refractivity contribution is 4.88. The van der Waals surface area contributed by atoms with Gasteiger partial charge in [0.05, 0.1) is 12.2 Å². The minimum atomic E-state index is 0.00273. The van der Waals surface area contributed by atoms with Crippen molar-refractivity contribution in [2.45, 2.75) is 63.8 Å². The van der Waals surface area contributed by atoms with Gasteiger partial charge in [0.25, 0.3) is 5.56 Å². The van der Waals surface area contributed by atoms with Gasteiger partial charge in [-0.25, -0.2) is 0 Å². The molecule has 2 aliphatic rings. The summed E-state index contributed by atoms with van der Waals surface area (Å²) in [6.45, 7) is 6.44. The molecular weight excluding hydrogens is 254 g/mol. The number of H-pyrrole nitrogens is 1. The van der Waals surface area contributed by atoms with Gasteiger partial charge in [-0.1, -0.05) is 0 Å². The number of aromatic nitrogens is 2. The van der Waals surface area contributed by atoms with Gasteiger partial charge in [-0.15, -0.1) is 0 Å². The predicted molar refractivity (Wildman–Crippen MR) is 77.9 cm³/mol. The molecule has 1 aliphatic carbocycles. The highest BCUT2D eigenvalue weighted by Gasteiger charge is 2.31. The summed E-state index contributed by atoms with van der Waals surface area (Å²) >= 11 is 0. The zero-order chi connectivity index (χ0) is 14.1. The van der Waals surface area contributed by atoms with Crippen molar-refractivity contribution >= 4 is 0 Å². The van der Waals surface area contributed by atoms with Gasteiger partial charge >= 0.3 is 0 Å². The van der Waals surface area contributed by atoms with Crippen LogP contribution in [0.25, 0.3) is 0 Å². The zero-order valence-electron chi connectivity index (χ0n) is 12.4. The van der Waals surface area contributed by atoms with Crippen LogP contribution in [0.2, 0.25) is 0 Å². The average Bonchev–Trinajstić information content (AvgIpc) is 2.84. The third-order valence-electron chi connectivity index (χ3n) is 4.65. The first-order valence-corrected chi connectivity index (χ1v) is 7.78. The van der Waals surface area contributed by atoms with Crippen LogP contribution < -0.4 is 5.56 Å². The Bertz CT molecular complexity index is 477. The number of nitrogens with one attached hydrogen (secondary N) is 1. The van der Waals surface area contributed by atoms with E-state index >= 15 is 0 Å². The smallest absolute Gasteiger partial charge is 0.264 e. The molecule has 0 bridgehead atoms. The third kappa shape index (κ3) is 2.99. The van der Waals surface area contributed by atoms with Gasteiger partial charge in [0.15, 0.2) is 0 Å². The van der Waals surface area contributed by atoms with Crippen molar-refractivity contribution in [2.75, 3.05) is 13.1 Å². The van der Waals surface area contributed by atoms with E-state index in [-0.39, 0.29) is 5.56 Å². The lowest BCUT2D eigenvalue weighted by Gasteiger charge is -2.42. The molecule has 1 aromatic rings. The first kappa shape index (κ1) is 13.9. The zero-order valence-corrected chi connectivity index (χ0v) is 12.4. The summed E-state index contributed by atoms with van der Waals surface area (Å²) in [5, 5.41) is 2.88. The molecule has 5 nitrogen and oxygen atoms in total. The van der Waals surface area contributed by atoms with Gasteiger partial charge in [0.1, 0.15) is 0 Å². The normalized spacial score (nSPS) is 36.1. The van der Waals surface area contributed by atoms with Crippen LogP contribution in [0.1, 0.15) is 45.6 Å². The average molecular weight is 279 g/mol. The van der Waals surface area contributed by atoms with E-state index in [0.717, 1.165) is 25.9 Å². The number of hydrogen-bond acceptors (Lipinski definition) is 3. The van der Waals surface area contributed by atoms with E-state index in [4.69, 9.17) is 4.74 Å². The van der Waals surface area contributed by atoms with Crippen molar-refractivity contribution in [1.82, 2.24) is 14.7 Å². The quantitative estimate of drug-likeness (QED) is 0.897. The van der Waals surface area contributed by atoms with Crippen molar-refractivity contribution in [3.8, 4) is 0 Å². The molecule has 2 atom stereocenters. The summed E-state index contributed by atoms with van der Waals surface area (Å²) in [5.41, 5.74) is 0.00273. The summed E-state index contributed by atoms with van der Waals surface area (Å²) < 4.78 is 7.80. The van der Waals surface area contributed by atoms with E-state index in [1.165, 1.54) is 12.8 Å². The Kier molecular flexibility index (Phi) is 3.98. The molecule has 2 heterocycles. The van der Waals surface area contributed by atoms with Crippen LogP contribution in [0, 0.1) is 0 Å². The molecule has 1 N–H and O–H groups in total. The largest absolute Gasteiger partial charge is 0.373 e. The fourth-order valence-corrected chi connectivity index (χ4v) is 3.78. The van der Waals surface area contributed by atoms with Gasteiger partial charge in [0, 0.05) is 37.4 Å². The molecule has 0 unspecified atom stereocenters. The van der Waals surface area contributed by atoms with Gasteiger partial charge in [-0.05, 0) is 39.5 Å². The fraction of sp³-hybridized carbons (Fsp3) is 0.800. The number of morpholine rings is 1. The van der Waals surface area contributed by atoms with Crippen molar-refractivity contribution in [1.29, 1.82) is 0 Å². The number of aromatic amines is 1. The lowest BCUT2D eigenvalue weighted by molar-refractivity contribution is -0.0852. The standard InChI is InChI=1S/C15H25N3O2/c1-11-9-17(10-12(2)20-11)13-3-5-14(6-4-13)18-8-7-15(19)16-18/h7-8,11-14H,3-6,9-10H2,1-2H3,(H,16,19)/t11-,12+,13?,14?.